The molecule has 0 fully saturated rings. The molecule has 0 unspecified atom stereocenters. The van der Waals surface area contributed by atoms with E-state index >= 15 is 0 Å². The highest BCUT2D eigenvalue weighted by Crippen LogP contribution is 2.29. The number of phenolic OH excluding ortho intramolecular Hbond substituents is 1. The lowest BCUT2D eigenvalue weighted by Crippen LogP contribution is -2.14. The van der Waals surface area contributed by atoms with Crippen LogP contribution in [-0.4, -0.2) is 16.8 Å². The molecule has 0 aliphatic heterocycles. The van der Waals surface area contributed by atoms with Crippen molar-refractivity contribution in [2.75, 3.05) is 6.61 Å². The number of aromatic hydroxyl groups is 1. The molecule has 0 amide bonds. The zero-order valence-electron chi connectivity index (χ0n) is 7.70. The summed E-state index contributed by atoms with van der Waals surface area (Å²) in [5.74, 6) is 0.157. The smallest absolute Gasteiger partial charge is 0.123 e. The summed E-state index contributed by atoms with van der Waals surface area (Å²) < 4.78 is 0.849. The van der Waals surface area contributed by atoms with Gasteiger partial charge in [0.05, 0.1) is 12.6 Å². The van der Waals surface area contributed by atoms with E-state index in [1.807, 2.05) is 0 Å². The Morgan fingerprint density at radius 3 is 2.57 bits per heavy atom. The lowest BCUT2D eigenvalue weighted by atomic mass is 10.0. The number of aryl methyl sites for hydroxylation is 1. The van der Waals surface area contributed by atoms with E-state index in [0.717, 1.165) is 10.0 Å². The van der Waals surface area contributed by atoms with E-state index in [1.54, 1.807) is 19.1 Å². The van der Waals surface area contributed by atoms with Crippen LogP contribution in [0.1, 0.15) is 17.2 Å². The van der Waals surface area contributed by atoms with Crippen molar-refractivity contribution in [3.63, 3.8) is 0 Å². The van der Waals surface area contributed by atoms with E-state index in [9.17, 15) is 5.11 Å². The largest absolute Gasteiger partial charge is 0.507 e. The predicted molar refractivity (Wildman–Crippen MR) is 61.8 cm³/mol. The Hall–Kier alpha value is -0.290. The number of hydrogen-bond donors (Lipinski definition) is 3. The molecule has 5 heteroatoms. The Balaban J connectivity index is 0.00000169. The third-order valence-corrected chi connectivity index (χ3v) is 2.35. The van der Waals surface area contributed by atoms with Gasteiger partial charge >= 0.3 is 0 Å². The Labute approximate surface area is 97.5 Å². The lowest BCUT2D eigenvalue weighted by molar-refractivity contribution is 0.265. The first-order chi connectivity index (χ1) is 6.06. The van der Waals surface area contributed by atoms with Crippen LogP contribution in [0.15, 0.2) is 16.6 Å². The highest BCUT2D eigenvalue weighted by molar-refractivity contribution is 9.10. The first-order valence-corrected chi connectivity index (χ1v) is 4.71. The molecule has 1 atom stereocenters. The molecule has 0 spiro atoms. The van der Waals surface area contributed by atoms with Gasteiger partial charge in [0.15, 0.2) is 0 Å². The topological polar surface area (TPSA) is 66.5 Å². The van der Waals surface area contributed by atoms with Crippen LogP contribution in [0.25, 0.3) is 0 Å². The third-order valence-electron chi connectivity index (χ3n) is 1.89. The van der Waals surface area contributed by atoms with Gasteiger partial charge in [0.2, 0.25) is 0 Å². The second kappa shape index (κ2) is 5.56. The maximum absolute atomic E-state index is 9.61. The summed E-state index contributed by atoms with van der Waals surface area (Å²) in [6.07, 6.45) is 0. The van der Waals surface area contributed by atoms with Crippen LogP contribution in [0.5, 0.6) is 5.75 Å². The second-order valence-corrected chi connectivity index (χ2v) is 3.87. The summed E-state index contributed by atoms with van der Waals surface area (Å²) >= 11 is 3.30. The van der Waals surface area contributed by atoms with Gasteiger partial charge in [-0.3, -0.25) is 0 Å². The normalized spacial score (nSPS) is 12.0. The molecule has 0 bridgehead atoms. The standard InChI is InChI=1S/C9H12BrNO2.ClH/c1-5-2-6(10)3-7(9(5)13)8(11)4-12;/h2-3,8,12-13H,4,11H2,1H3;1H/t8-;/m1./s1. The highest BCUT2D eigenvalue weighted by atomic mass is 79.9. The van der Waals surface area contributed by atoms with E-state index in [0.29, 0.717) is 5.56 Å². The van der Waals surface area contributed by atoms with Gasteiger partial charge in [-0.05, 0) is 24.6 Å². The average Bonchev–Trinajstić information content (AvgIpc) is 2.10. The molecule has 80 valence electrons. The van der Waals surface area contributed by atoms with Gasteiger partial charge in [-0.15, -0.1) is 12.4 Å². The molecule has 0 radical (unpaired) electrons. The van der Waals surface area contributed by atoms with Crippen molar-refractivity contribution < 1.29 is 10.2 Å². The fourth-order valence-electron chi connectivity index (χ4n) is 1.14. The SMILES string of the molecule is Cc1cc(Br)cc([C@H](N)CO)c1O.Cl. The molecule has 0 saturated heterocycles. The van der Waals surface area contributed by atoms with Crippen molar-refractivity contribution in [2.45, 2.75) is 13.0 Å². The monoisotopic (exact) mass is 281 g/mol. The molecule has 14 heavy (non-hydrogen) atoms. The maximum Gasteiger partial charge on any atom is 0.123 e. The van der Waals surface area contributed by atoms with Gasteiger partial charge in [0.1, 0.15) is 5.75 Å². The van der Waals surface area contributed by atoms with Crippen molar-refractivity contribution in [1.29, 1.82) is 0 Å². The zero-order chi connectivity index (χ0) is 10.0. The van der Waals surface area contributed by atoms with Gasteiger partial charge in [0.25, 0.3) is 0 Å². The molecule has 1 aromatic carbocycles. The highest BCUT2D eigenvalue weighted by Gasteiger charge is 2.12. The number of benzene rings is 1. The van der Waals surface area contributed by atoms with Crippen molar-refractivity contribution in [3.8, 4) is 5.75 Å². The fraction of sp³-hybridized carbons (Fsp3) is 0.333. The molecule has 4 N–H and O–H groups in total. The molecule has 0 aromatic heterocycles. The van der Waals surface area contributed by atoms with Crippen LogP contribution < -0.4 is 5.73 Å². The second-order valence-electron chi connectivity index (χ2n) is 2.95. The van der Waals surface area contributed by atoms with E-state index in [4.69, 9.17) is 10.8 Å². The van der Waals surface area contributed by atoms with Crippen LogP contribution in [0.2, 0.25) is 0 Å². The number of hydrogen-bond acceptors (Lipinski definition) is 3. The van der Waals surface area contributed by atoms with Crippen LogP contribution >= 0.6 is 28.3 Å². The summed E-state index contributed by atoms with van der Waals surface area (Å²) in [7, 11) is 0. The molecule has 1 aromatic rings. The van der Waals surface area contributed by atoms with Crippen LogP contribution in [-0.2, 0) is 0 Å². The number of aliphatic hydroxyl groups is 1. The van der Waals surface area contributed by atoms with Crippen molar-refractivity contribution in [2.24, 2.45) is 5.73 Å². The number of rotatable bonds is 2. The minimum Gasteiger partial charge on any atom is -0.507 e. The molecule has 0 saturated carbocycles. The fourth-order valence-corrected chi connectivity index (χ4v) is 1.73. The summed E-state index contributed by atoms with van der Waals surface area (Å²) in [5.41, 5.74) is 6.91. The first kappa shape index (κ1) is 13.7. The van der Waals surface area contributed by atoms with Crippen molar-refractivity contribution in [3.05, 3.63) is 27.7 Å². The number of nitrogens with two attached hydrogens (primary N) is 1. The van der Waals surface area contributed by atoms with Crippen LogP contribution in [0, 0.1) is 6.92 Å². The van der Waals surface area contributed by atoms with E-state index < -0.39 is 6.04 Å². The zero-order valence-corrected chi connectivity index (χ0v) is 10.1. The quantitative estimate of drug-likeness (QED) is 0.776. The number of phenols is 1. The molecule has 1 rings (SSSR count). The molecule has 3 nitrogen and oxygen atoms in total. The van der Waals surface area contributed by atoms with E-state index in [-0.39, 0.29) is 24.8 Å². The van der Waals surface area contributed by atoms with Gasteiger partial charge in [-0.2, -0.15) is 0 Å². The summed E-state index contributed by atoms with van der Waals surface area (Å²) in [5, 5.41) is 18.5. The minimum atomic E-state index is -0.531. The van der Waals surface area contributed by atoms with Crippen LogP contribution in [0.4, 0.5) is 0 Å². The number of halogens is 2. The van der Waals surface area contributed by atoms with Gasteiger partial charge < -0.3 is 15.9 Å². The van der Waals surface area contributed by atoms with Gasteiger partial charge in [-0.25, -0.2) is 0 Å². The predicted octanol–water partition coefficient (Wildman–Crippen LogP) is 1.88. The average molecular weight is 283 g/mol. The van der Waals surface area contributed by atoms with E-state index in [1.165, 1.54) is 0 Å². The Morgan fingerprint density at radius 1 is 1.50 bits per heavy atom. The molecule has 0 aliphatic carbocycles. The third kappa shape index (κ3) is 2.85. The number of aliphatic hydroxyl groups excluding tert-OH is 1. The molecule has 0 heterocycles. The molecular formula is C9H13BrClNO2. The summed E-state index contributed by atoms with van der Waals surface area (Å²) in [6, 6.07) is 2.97. The van der Waals surface area contributed by atoms with Crippen molar-refractivity contribution >= 4 is 28.3 Å². The summed E-state index contributed by atoms with van der Waals surface area (Å²) in [4.78, 5) is 0. The summed E-state index contributed by atoms with van der Waals surface area (Å²) in [6.45, 7) is 1.61. The molecule has 0 aliphatic rings. The first-order valence-electron chi connectivity index (χ1n) is 3.91. The van der Waals surface area contributed by atoms with E-state index in [2.05, 4.69) is 15.9 Å². The van der Waals surface area contributed by atoms with Crippen LogP contribution in [0.3, 0.4) is 0 Å². The Kier molecular flexibility index (Phi) is 5.44. The van der Waals surface area contributed by atoms with Gasteiger partial charge in [-0.1, -0.05) is 15.9 Å². The van der Waals surface area contributed by atoms with Crippen molar-refractivity contribution in [1.82, 2.24) is 0 Å². The Bertz CT molecular complexity index is 320. The Morgan fingerprint density at radius 2 is 2.07 bits per heavy atom. The van der Waals surface area contributed by atoms with Gasteiger partial charge in [0, 0.05) is 10.0 Å². The molecular weight excluding hydrogens is 269 g/mol. The lowest BCUT2D eigenvalue weighted by Gasteiger charge is -2.12. The minimum absolute atomic E-state index is 0. The maximum atomic E-state index is 9.61.